The number of para-hydroxylation sites is 2. The maximum absolute atomic E-state index is 13.1. The number of hydrogen-bond donors (Lipinski definition) is 1. The molecule has 1 heterocycles. The molecule has 0 aliphatic carbocycles. The molecule has 182 valence electrons. The van der Waals surface area contributed by atoms with E-state index in [2.05, 4.69) is 10.4 Å². The van der Waals surface area contributed by atoms with E-state index >= 15 is 0 Å². The average molecular weight is 481 g/mol. The van der Waals surface area contributed by atoms with Crippen LogP contribution in [0.1, 0.15) is 26.5 Å². The molecule has 2 aromatic carbocycles. The molecule has 1 aromatic heterocycles. The highest BCUT2D eigenvalue weighted by Gasteiger charge is 2.24. The Bertz CT molecular complexity index is 1380. The Morgan fingerprint density at radius 3 is 2.31 bits per heavy atom. The van der Waals surface area contributed by atoms with E-state index in [9.17, 15) is 24.5 Å². The predicted octanol–water partition coefficient (Wildman–Crippen LogP) is 2.42. The maximum Gasteiger partial charge on any atom is 0.294 e. The Kier molecular flexibility index (Phi) is 7.14. The third-order valence-corrected chi connectivity index (χ3v) is 5.04. The first-order valence-electron chi connectivity index (χ1n) is 10.2. The van der Waals surface area contributed by atoms with Gasteiger partial charge in [-0.15, -0.1) is 0 Å². The summed E-state index contributed by atoms with van der Waals surface area (Å²) in [5.74, 6) is -0.840. The number of aromatic nitrogens is 2. The highest BCUT2D eigenvalue weighted by atomic mass is 16.6. The van der Waals surface area contributed by atoms with Gasteiger partial charge in [-0.1, -0.05) is 12.1 Å². The van der Waals surface area contributed by atoms with Gasteiger partial charge in [0, 0.05) is 38.0 Å². The highest BCUT2D eigenvalue weighted by molar-refractivity contribution is 6.08. The maximum atomic E-state index is 13.1. The molecule has 1 N–H and O–H groups in total. The van der Waals surface area contributed by atoms with Gasteiger partial charge in [-0.25, -0.2) is 4.68 Å². The van der Waals surface area contributed by atoms with Crippen molar-refractivity contribution in [3.05, 3.63) is 79.8 Å². The molecule has 0 fully saturated rings. The lowest BCUT2D eigenvalue weighted by atomic mass is 10.1. The summed E-state index contributed by atoms with van der Waals surface area (Å²) < 4.78 is 11.7. The van der Waals surface area contributed by atoms with Crippen molar-refractivity contribution in [2.45, 2.75) is 6.92 Å². The van der Waals surface area contributed by atoms with E-state index in [1.165, 1.54) is 70.5 Å². The van der Waals surface area contributed by atoms with Crippen LogP contribution < -0.4 is 20.2 Å². The van der Waals surface area contributed by atoms with Crippen molar-refractivity contribution in [3.63, 3.8) is 0 Å². The largest absolute Gasteiger partial charge is 0.493 e. The monoisotopic (exact) mass is 481 g/mol. The third kappa shape index (κ3) is 4.95. The van der Waals surface area contributed by atoms with Crippen LogP contribution in [0, 0.1) is 17.0 Å². The van der Waals surface area contributed by atoms with Gasteiger partial charge in [0.05, 0.1) is 30.4 Å². The summed E-state index contributed by atoms with van der Waals surface area (Å²) in [5.41, 5.74) is -0.953. The number of ether oxygens (including phenoxy) is 2. The second-order valence-corrected chi connectivity index (χ2v) is 7.56. The number of nitro groups is 1. The first-order chi connectivity index (χ1) is 16.6. The number of nitrogens with one attached hydrogen (secondary N) is 1. The summed E-state index contributed by atoms with van der Waals surface area (Å²) in [7, 11) is 5.88. The van der Waals surface area contributed by atoms with E-state index in [1.807, 2.05) is 0 Å². The van der Waals surface area contributed by atoms with E-state index in [-0.39, 0.29) is 39.8 Å². The summed E-state index contributed by atoms with van der Waals surface area (Å²) >= 11 is 0. The number of nitro benzene ring substituents is 1. The standard InChI is InChI=1S/C23H23N5O7/c1-13-10-18(29)21(25-27(13)16-8-6-7-9-17(16)28(32)33)22(30)24-15-12-20(35-5)19(34-4)11-14(15)23(31)26(2)3/h6-12H,1-5H3,(H,24,30). The Balaban J connectivity index is 2.12. The van der Waals surface area contributed by atoms with Crippen LogP contribution in [-0.4, -0.2) is 59.7 Å². The highest BCUT2D eigenvalue weighted by Crippen LogP contribution is 2.34. The summed E-state index contributed by atoms with van der Waals surface area (Å²) in [6.07, 6.45) is 0. The van der Waals surface area contributed by atoms with Crippen LogP contribution in [0.3, 0.4) is 0 Å². The summed E-state index contributed by atoms with van der Waals surface area (Å²) in [6.45, 7) is 1.54. The van der Waals surface area contributed by atoms with E-state index in [0.717, 1.165) is 10.7 Å². The van der Waals surface area contributed by atoms with Crippen molar-refractivity contribution in [1.82, 2.24) is 14.7 Å². The van der Waals surface area contributed by atoms with Gasteiger partial charge in [-0.05, 0) is 19.1 Å². The number of nitrogens with zero attached hydrogens (tertiary/aromatic N) is 4. The third-order valence-electron chi connectivity index (χ3n) is 5.04. The van der Waals surface area contributed by atoms with Gasteiger partial charge >= 0.3 is 0 Å². The number of amides is 2. The predicted molar refractivity (Wildman–Crippen MR) is 127 cm³/mol. The first-order valence-corrected chi connectivity index (χ1v) is 10.2. The average Bonchev–Trinajstić information content (AvgIpc) is 2.83. The summed E-state index contributed by atoms with van der Waals surface area (Å²) in [4.78, 5) is 50.7. The Morgan fingerprint density at radius 2 is 1.71 bits per heavy atom. The molecule has 0 bridgehead atoms. The molecule has 0 spiro atoms. The fourth-order valence-electron chi connectivity index (χ4n) is 3.33. The van der Waals surface area contributed by atoms with Crippen molar-refractivity contribution < 1.29 is 24.0 Å². The minimum absolute atomic E-state index is 0.0605. The van der Waals surface area contributed by atoms with Gasteiger partial charge in [0.2, 0.25) is 5.43 Å². The zero-order chi connectivity index (χ0) is 25.9. The normalized spacial score (nSPS) is 10.4. The lowest BCUT2D eigenvalue weighted by Crippen LogP contribution is -2.29. The van der Waals surface area contributed by atoms with Crippen molar-refractivity contribution in [1.29, 1.82) is 0 Å². The van der Waals surface area contributed by atoms with Crippen LogP contribution in [-0.2, 0) is 0 Å². The van der Waals surface area contributed by atoms with Crippen LogP contribution in [0.15, 0.2) is 47.3 Å². The molecule has 0 saturated carbocycles. The van der Waals surface area contributed by atoms with Crippen LogP contribution in [0.2, 0.25) is 0 Å². The van der Waals surface area contributed by atoms with Gasteiger partial charge in [0.15, 0.2) is 17.2 Å². The number of aryl methyl sites for hydroxylation is 1. The molecule has 12 nitrogen and oxygen atoms in total. The molecule has 0 saturated heterocycles. The molecule has 3 rings (SSSR count). The van der Waals surface area contributed by atoms with Crippen LogP contribution in [0.5, 0.6) is 11.5 Å². The van der Waals surface area contributed by atoms with Crippen molar-refractivity contribution in [3.8, 4) is 17.2 Å². The van der Waals surface area contributed by atoms with Gasteiger partial charge in [0.25, 0.3) is 17.5 Å². The Hall–Kier alpha value is -4.74. The van der Waals surface area contributed by atoms with Crippen LogP contribution in [0.25, 0.3) is 5.69 Å². The number of methoxy groups -OCH3 is 2. The second kappa shape index (κ2) is 10.0. The summed E-state index contributed by atoms with van der Waals surface area (Å²) in [5, 5.41) is 18.1. The van der Waals surface area contributed by atoms with E-state index in [1.54, 1.807) is 6.07 Å². The van der Waals surface area contributed by atoms with Gasteiger partial charge in [-0.2, -0.15) is 5.10 Å². The molecule has 0 unspecified atom stereocenters. The van der Waals surface area contributed by atoms with Crippen molar-refractivity contribution >= 4 is 23.2 Å². The number of carbonyl (C=O) groups is 2. The number of rotatable bonds is 7. The zero-order valence-corrected chi connectivity index (χ0v) is 19.7. The molecule has 0 aliphatic rings. The molecule has 12 heteroatoms. The minimum atomic E-state index is -0.914. The van der Waals surface area contributed by atoms with E-state index in [4.69, 9.17) is 9.47 Å². The zero-order valence-electron chi connectivity index (χ0n) is 19.7. The molecule has 0 atom stereocenters. The van der Waals surface area contributed by atoms with Crippen molar-refractivity contribution in [2.24, 2.45) is 0 Å². The number of hydrogen-bond acceptors (Lipinski definition) is 8. The minimum Gasteiger partial charge on any atom is -0.493 e. The lowest BCUT2D eigenvalue weighted by Gasteiger charge is -2.18. The van der Waals surface area contributed by atoms with E-state index < -0.39 is 27.9 Å². The van der Waals surface area contributed by atoms with Crippen molar-refractivity contribution in [2.75, 3.05) is 33.6 Å². The molecule has 0 radical (unpaired) electrons. The quantitative estimate of drug-likeness (QED) is 0.400. The molecular formula is C23H23N5O7. The number of anilines is 1. The summed E-state index contributed by atoms with van der Waals surface area (Å²) in [6, 6.07) is 9.76. The molecule has 3 aromatic rings. The molecule has 0 aliphatic heterocycles. The molecule has 2 amide bonds. The SMILES string of the molecule is COc1cc(NC(=O)c2nn(-c3ccccc3[N+](=O)[O-])c(C)cc2=O)c(C(=O)N(C)C)cc1OC. The topological polar surface area (TPSA) is 146 Å². The molecule has 35 heavy (non-hydrogen) atoms. The number of carbonyl (C=O) groups excluding carboxylic acids is 2. The van der Waals surface area contributed by atoms with Crippen LogP contribution in [0.4, 0.5) is 11.4 Å². The smallest absolute Gasteiger partial charge is 0.294 e. The fraction of sp³-hybridized carbons (Fsp3) is 0.217. The van der Waals surface area contributed by atoms with Gasteiger partial charge < -0.3 is 19.7 Å². The van der Waals surface area contributed by atoms with E-state index in [0.29, 0.717) is 0 Å². The van der Waals surface area contributed by atoms with Crippen LogP contribution >= 0.6 is 0 Å². The van der Waals surface area contributed by atoms with Gasteiger partial charge in [-0.3, -0.25) is 24.5 Å². The van der Waals surface area contributed by atoms with Gasteiger partial charge in [0.1, 0.15) is 5.69 Å². The molecular weight excluding hydrogens is 458 g/mol. The fourth-order valence-corrected chi connectivity index (χ4v) is 3.33. The Morgan fingerprint density at radius 1 is 1.09 bits per heavy atom. The number of benzene rings is 2. The lowest BCUT2D eigenvalue weighted by molar-refractivity contribution is -0.384. The Labute approximate surface area is 199 Å². The first kappa shape index (κ1) is 24.9. The second-order valence-electron chi connectivity index (χ2n) is 7.56.